The van der Waals surface area contributed by atoms with Gasteiger partial charge in [0.25, 0.3) is 11.6 Å². The van der Waals surface area contributed by atoms with Crippen molar-refractivity contribution in [1.29, 1.82) is 0 Å². The van der Waals surface area contributed by atoms with E-state index in [1.165, 1.54) is 60.6 Å². The first-order valence-corrected chi connectivity index (χ1v) is 21.7. The largest absolute Gasteiger partial charge is 0.588 e. The molecule has 13 nitrogen and oxygen atoms in total. The van der Waals surface area contributed by atoms with E-state index < -0.39 is 22.2 Å². The van der Waals surface area contributed by atoms with Gasteiger partial charge in [0.05, 0.1) is 36.0 Å². The zero-order valence-electron chi connectivity index (χ0n) is 32.6. The van der Waals surface area contributed by atoms with Crippen LogP contribution in [-0.2, 0) is 16.1 Å². The summed E-state index contributed by atoms with van der Waals surface area (Å²) in [5, 5.41) is 16.6. The van der Waals surface area contributed by atoms with Crippen molar-refractivity contribution in [3.63, 3.8) is 0 Å². The van der Waals surface area contributed by atoms with E-state index in [9.17, 15) is 19.5 Å². The number of nitro benzene ring substituents is 1. The summed E-state index contributed by atoms with van der Waals surface area (Å²) in [4.78, 5) is 37.7. The van der Waals surface area contributed by atoms with Crippen LogP contribution < -0.4 is 19.7 Å². The maximum Gasteiger partial charge on any atom is 0.297 e. The van der Waals surface area contributed by atoms with E-state index in [-0.39, 0.29) is 27.8 Å². The molecule has 2 aromatic heterocycles. The molecule has 306 valence electrons. The summed E-state index contributed by atoms with van der Waals surface area (Å²) in [6.45, 7) is 6.00. The van der Waals surface area contributed by atoms with Crippen LogP contribution in [0.1, 0.15) is 54.4 Å². The SMILES string of the molecule is O=C(N[S+]([O-])c1ccc(NCC2COC2)c([N+](=O)[O-])c1)c1ccc(N2CCN(CC3=C(c4ccc(Cl)cc4)CC4(CCC4)CC3)CC2)cc1Oc1cnc2[nH]ccc2c1. The van der Waals surface area contributed by atoms with Gasteiger partial charge in [-0.1, -0.05) is 35.7 Å². The lowest BCUT2D eigenvalue weighted by Crippen LogP contribution is -2.47. The van der Waals surface area contributed by atoms with Gasteiger partial charge in [-0.15, -0.1) is 0 Å². The van der Waals surface area contributed by atoms with Gasteiger partial charge in [-0.2, -0.15) is 4.72 Å². The lowest BCUT2D eigenvalue weighted by molar-refractivity contribution is -0.384. The second kappa shape index (κ2) is 16.9. The number of amides is 1. The Hall–Kier alpha value is -5.12. The quantitative estimate of drug-likeness (QED) is 0.0597. The topological polar surface area (TPSA) is 161 Å². The normalized spacial score (nSPS) is 18.6. The van der Waals surface area contributed by atoms with Crippen LogP contribution in [0.3, 0.4) is 0 Å². The minimum Gasteiger partial charge on any atom is -0.588 e. The number of carbonyl (C=O) groups excluding carboxylic acids is 1. The van der Waals surface area contributed by atoms with E-state index in [1.54, 1.807) is 18.5 Å². The van der Waals surface area contributed by atoms with Gasteiger partial charge in [-0.05, 0) is 97.2 Å². The van der Waals surface area contributed by atoms with Gasteiger partial charge in [0.1, 0.15) is 34.2 Å². The molecule has 4 heterocycles. The minimum absolute atomic E-state index is 0.0912. The fourth-order valence-corrected chi connectivity index (χ4v) is 9.62. The summed E-state index contributed by atoms with van der Waals surface area (Å²) in [5.41, 5.74) is 6.64. The number of aromatic nitrogens is 2. The van der Waals surface area contributed by atoms with Gasteiger partial charge < -0.3 is 29.2 Å². The second-order valence-electron chi connectivity index (χ2n) is 16.2. The average molecular weight is 836 g/mol. The predicted octanol–water partition coefficient (Wildman–Crippen LogP) is 8.36. The number of fused-ring (bicyclic) bond motifs is 1. The molecule has 2 saturated heterocycles. The minimum atomic E-state index is -2.10. The number of hydrogen-bond acceptors (Lipinski definition) is 10. The molecule has 1 unspecified atom stereocenters. The Labute approximate surface area is 350 Å². The number of piperazine rings is 1. The zero-order valence-corrected chi connectivity index (χ0v) is 34.2. The number of anilines is 2. The number of ether oxygens (including phenoxy) is 2. The van der Waals surface area contributed by atoms with Crippen molar-refractivity contribution >= 4 is 62.5 Å². The van der Waals surface area contributed by atoms with Crippen LogP contribution in [0.25, 0.3) is 16.6 Å². The molecule has 1 spiro atoms. The number of nitro groups is 1. The van der Waals surface area contributed by atoms with Crippen molar-refractivity contribution in [2.24, 2.45) is 11.3 Å². The van der Waals surface area contributed by atoms with Gasteiger partial charge in [-0.25, -0.2) is 4.98 Å². The fourth-order valence-electron chi connectivity index (χ4n) is 8.69. The molecule has 15 heteroatoms. The molecular formula is C44H46ClN7O6S. The van der Waals surface area contributed by atoms with Crippen molar-refractivity contribution in [1.82, 2.24) is 19.6 Å². The Morgan fingerprint density at radius 3 is 2.58 bits per heavy atom. The Balaban J connectivity index is 0.916. The number of nitrogens with one attached hydrogen (secondary N) is 3. The third-order valence-electron chi connectivity index (χ3n) is 12.4. The summed E-state index contributed by atoms with van der Waals surface area (Å²) in [6.07, 6.45) is 10.9. The zero-order chi connectivity index (χ0) is 40.5. The standard InChI is InChI=1S/C44H46ClN7O6S/c45-33-4-2-30(3-5-33)38-23-44(12-1-13-44)14-10-32(38)26-50-16-18-51(19-17-50)34-6-8-37(41(21-34)58-35-20-31-11-15-46-42(31)48-25-35)43(53)49-59(56)36-7-9-39(40(22-36)52(54)55)47-24-29-27-57-28-29/h2-9,11,15,20-22,25,29,47H,1,10,12-14,16-19,23-24,26-28H2,(H,46,48)(H,49,53). The molecule has 0 bridgehead atoms. The van der Waals surface area contributed by atoms with Gasteiger partial charge >= 0.3 is 0 Å². The molecule has 3 aromatic carbocycles. The van der Waals surface area contributed by atoms with E-state index in [0.29, 0.717) is 42.3 Å². The van der Waals surface area contributed by atoms with E-state index in [2.05, 4.69) is 41.9 Å². The highest BCUT2D eigenvalue weighted by Gasteiger charge is 2.41. The smallest absolute Gasteiger partial charge is 0.297 e. The van der Waals surface area contributed by atoms with Crippen LogP contribution in [0.5, 0.6) is 11.5 Å². The van der Waals surface area contributed by atoms with Crippen LogP contribution in [0.15, 0.2) is 95.7 Å². The number of nitrogens with zero attached hydrogens (tertiary/aromatic N) is 4. The third-order valence-corrected chi connectivity index (χ3v) is 13.7. The van der Waals surface area contributed by atoms with Crippen LogP contribution in [-0.4, -0.2) is 82.7 Å². The maximum atomic E-state index is 13.8. The fraction of sp³-hybridized carbons (Fsp3) is 0.364. The molecule has 4 aliphatic rings. The monoisotopic (exact) mass is 835 g/mol. The molecule has 2 aliphatic heterocycles. The molecule has 9 rings (SSSR count). The van der Waals surface area contributed by atoms with E-state index in [0.717, 1.165) is 61.7 Å². The highest BCUT2D eigenvalue weighted by Crippen LogP contribution is 2.55. The van der Waals surface area contributed by atoms with Gasteiger partial charge in [-0.3, -0.25) is 19.8 Å². The summed E-state index contributed by atoms with van der Waals surface area (Å²) in [7, 11) is 0. The number of benzene rings is 3. The number of hydrogen-bond donors (Lipinski definition) is 3. The van der Waals surface area contributed by atoms with E-state index in [1.807, 2.05) is 36.4 Å². The van der Waals surface area contributed by atoms with Crippen molar-refractivity contribution in [3.8, 4) is 11.5 Å². The van der Waals surface area contributed by atoms with Crippen molar-refractivity contribution in [2.75, 3.05) is 62.7 Å². The summed E-state index contributed by atoms with van der Waals surface area (Å²) >= 11 is 4.17. The van der Waals surface area contributed by atoms with E-state index >= 15 is 0 Å². The first kappa shape index (κ1) is 39.3. The highest BCUT2D eigenvalue weighted by atomic mass is 35.5. The van der Waals surface area contributed by atoms with Gasteiger partial charge in [0.15, 0.2) is 4.90 Å². The molecule has 1 amide bonds. The summed E-state index contributed by atoms with van der Waals surface area (Å²) in [5.74, 6) is 0.324. The van der Waals surface area contributed by atoms with Crippen LogP contribution in [0, 0.1) is 21.4 Å². The number of halogens is 1. The first-order valence-electron chi connectivity index (χ1n) is 20.2. The number of H-pyrrole nitrogens is 1. The predicted molar refractivity (Wildman–Crippen MR) is 230 cm³/mol. The number of aromatic amines is 1. The van der Waals surface area contributed by atoms with Crippen LogP contribution >= 0.6 is 11.6 Å². The molecule has 0 radical (unpaired) electrons. The maximum absolute atomic E-state index is 13.8. The average Bonchev–Trinajstić information content (AvgIpc) is 3.68. The Morgan fingerprint density at radius 2 is 1.85 bits per heavy atom. The number of carbonyl (C=O) groups is 1. The Bertz CT molecular complexity index is 2390. The van der Waals surface area contributed by atoms with E-state index in [4.69, 9.17) is 21.1 Å². The van der Waals surface area contributed by atoms with Gasteiger partial charge in [0.2, 0.25) is 0 Å². The lowest BCUT2D eigenvalue weighted by atomic mass is 9.59. The summed E-state index contributed by atoms with van der Waals surface area (Å²) < 4.78 is 27.6. The van der Waals surface area contributed by atoms with Crippen LogP contribution in [0.2, 0.25) is 5.02 Å². The highest BCUT2D eigenvalue weighted by molar-refractivity contribution is 7.90. The third kappa shape index (κ3) is 8.64. The first-order chi connectivity index (χ1) is 28.7. The molecule has 1 atom stereocenters. The van der Waals surface area contributed by atoms with Crippen molar-refractivity contribution in [3.05, 3.63) is 117 Å². The molecule has 3 N–H and O–H groups in total. The molecule has 2 aliphatic carbocycles. The molecule has 5 aromatic rings. The van der Waals surface area contributed by atoms with Crippen molar-refractivity contribution < 1.29 is 23.7 Å². The molecule has 59 heavy (non-hydrogen) atoms. The van der Waals surface area contributed by atoms with Gasteiger partial charge in [0, 0.05) is 73.5 Å². The number of rotatable bonds is 13. The Kier molecular flexibility index (Phi) is 11.2. The van der Waals surface area contributed by atoms with Crippen LogP contribution in [0.4, 0.5) is 17.1 Å². The van der Waals surface area contributed by atoms with Crippen molar-refractivity contribution in [2.45, 2.75) is 43.4 Å². The lowest BCUT2D eigenvalue weighted by Gasteiger charge is -2.47. The molecular weight excluding hydrogens is 790 g/mol. The number of allylic oxidation sites excluding steroid dienone is 1. The summed E-state index contributed by atoms with van der Waals surface area (Å²) in [6, 6.07) is 21.7. The molecule has 3 fully saturated rings. The second-order valence-corrected chi connectivity index (χ2v) is 17.8. The Morgan fingerprint density at radius 1 is 1.03 bits per heavy atom. The number of pyridine rings is 1. The molecule has 1 saturated carbocycles.